The van der Waals surface area contributed by atoms with E-state index in [-0.39, 0.29) is 11.8 Å². The molecule has 1 aromatic rings. The highest BCUT2D eigenvalue weighted by molar-refractivity contribution is 6.36. The van der Waals surface area contributed by atoms with Gasteiger partial charge in [0.1, 0.15) is 0 Å². The van der Waals surface area contributed by atoms with E-state index in [1.54, 1.807) is 18.2 Å². The quantitative estimate of drug-likeness (QED) is 0.915. The maximum atomic E-state index is 12.1. The fourth-order valence-electron chi connectivity index (χ4n) is 2.13. The minimum Gasteiger partial charge on any atom is -0.307 e. The average Bonchev–Trinajstić information content (AvgIpc) is 2.35. The Hall–Kier alpha value is -0.570. The van der Waals surface area contributed by atoms with Gasteiger partial charge in [-0.05, 0) is 37.1 Å². The van der Waals surface area contributed by atoms with Crippen LogP contribution in [0.4, 0.5) is 0 Å². The third-order valence-electron chi connectivity index (χ3n) is 3.11. The summed E-state index contributed by atoms with van der Waals surface area (Å²) in [5.74, 6) is 0.180. The largest absolute Gasteiger partial charge is 0.307 e. The monoisotopic (exact) mass is 271 g/mol. The molecule has 1 aromatic carbocycles. The maximum absolute atomic E-state index is 12.1. The van der Waals surface area contributed by atoms with E-state index in [4.69, 9.17) is 23.2 Å². The lowest BCUT2D eigenvalue weighted by atomic mass is 9.96. The van der Waals surface area contributed by atoms with Crippen molar-refractivity contribution in [3.8, 4) is 0 Å². The van der Waals surface area contributed by atoms with Crippen LogP contribution in [0.2, 0.25) is 10.0 Å². The van der Waals surface area contributed by atoms with Gasteiger partial charge in [0.25, 0.3) is 0 Å². The first kappa shape index (κ1) is 12.9. The van der Waals surface area contributed by atoms with Crippen LogP contribution in [0, 0.1) is 0 Å². The Bertz CT molecular complexity index is 394. The van der Waals surface area contributed by atoms with E-state index in [1.165, 1.54) is 0 Å². The van der Waals surface area contributed by atoms with E-state index < -0.39 is 0 Å². The molecule has 0 amide bonds. The lowest BCUT2D eigenvalue weighted by Gasteiger charge is -2.22. The zero-order valence-corrected chi connectivity index (χ0v) is 11.0. The van der Waals surface area contributed by atoms with Crippen molar-refractivity contribution in [1.82, 2.24) is 5.32 Å². The molecule has 2 nitrogen and oxygen atoms in total. The van der Waals surface area contributed by atoms with Crippen molar-refractivity contribution >= 4 is 29.0 Å². The Kier molecular flexibility index (Phi) is 4.43. The predicted molar refractivity (Wildman–Crippen MR) is 70.8 cm³/mol. The predicted octanol–water partition coefficient (Wildman–Crippen LogP) is 3.25. The van der Waals surface area contributed by atoms with Crippen LogP contribution in [-0.2, 0) is 11.2 Å². The van der Waals surface area contributed by atoms with Crippen LogP contribution >= 0.6 is 23.2 Å². The maximum Gasteiger partial charge on any atom is 0.154 e. The van der Waals surface area contributed by atoms with Gasteiger partial charge < -0.3 is 5.32 Å². The van der Waals surface area contributed by atoms with E-state index >= 15 is 0 Å². The van der Waals surface area contributed by atoms with E-state index in [2.05, 4.69) is 5.32 Å². The van der Waals surface area contributed by atoms with Crippen molar-refractivity contribution in [2.24, 2.45) is 0 Å². The van der Waals surface area contributed by atoms with Crippen molar-refractivity contribution in [2.45, 2.75) is 31.7 Å². The molecule has 0 saturated carbocycles. The molecular weight excluding hydrogens is 257 g/mol. The molecule has 0 aromatic heterocycles. The standard InChI is InChI=1S/C13H15Cl2NO/c14-10-4-3-5-11(15)9(10)8-13(17)12-6-1-2-7-16-12/h3-5,12,16H,1-2,6-8H2. The molecule has 4 heteroatoms. The molecule has 1 aliphatic heterocycles. The average molecular weight is 272 g/mol. The number of piperidine rings is 1. The summed E-state index contributed by atoms with van der Waals surface area (Å²) >= 11 is 12.1. The number of Topliss-reactive ketones (excluding diaryl/α,β-unsaturated/α-hetero) is 1. The fourth-order valence-corrected chi connectivity index (χ4v) is 2.66. The van der Waals surface area contributed by atoms with Gasteiger partial charge >= 0.3 is 0 Å². The van der Waals surface area contributed by atoms with E-state index in [1.807, 2.05) is 0 Å². The van der Waals surface area contributed by atoms with Crippen molar-refractivity contribution < 1.29 is 4.79 Å². The molecule has 1 unspecified atom stereocenters. The molecular formula is C13H15Cl2NO. The van der Waals surface area contributed by atoms with E-state index in [9.17, 15) is 4.79 Å². The topological polar surface area (TPSA) is 29.1 Å². The van der Waals surface area contributed by atoms with Crippen LogP contribution in [0.25, 0.3) is 0 Å². The number of halogens is 2. The first-order valence-corrected chi connectivity index (χ1v) is 6.63. The Morgan fingerprint density at radius 3 is 2.59 bits per heavy atom. The van der Waals surface area contributed by atoms with Crippen molar-refractivity contribution in [3.05, 3.63) is 33.8 Å². The van der Waals surface area contributed by atoms with Crippen molar-refractivity contribution in [2.75, 3.05) is 6.54 Å². The van der Waals surface area contributed by atoms with Gasteiger partial charge in [0.15, 0.2) is 5.78 Å². The third-order valence-corrected chi connectivity index (χ3v) is 3.82. The fraction of sp³-hybridized carbons (Fsp3) is 0.462. The summed E-state index contributed by atoms with van der Waals surface area (Å²) in [6, 6.07) is 5.29. The molecule has 1 saturated heterocycles. The number of hydrogen-bond acceptors (Lipinski definition) is 2. The molecule has 92 valence electrons. The number of rotatable bonds is 3. The van der Waals surface area contributed by atoms with Gasteiger partial charge in [0.05, 0.1) is 6.04 Å². The molecule has 17 heavy (non-hydrogen) atoms. The minimum absolute atomic E-state index is 0.0314. The number of ketones is 1. The SMILES string of the molecule is O=C(Cc1c(Cl)cccc1Cl)C1CCCCN1. The first-order valence-electron chi connectivity index (χ1n) is 5.87. The van der Waals surface area contributed by atoms with Crippen LogP contribution < -0.4 is 5.32 Å². The van der Waals surface area contributed by atoms with Crippen molar-refractivity contribution in [3.63, 3.8) is 0 Å². The number of hydrogen-bond donors (Lipinski definition) is 1. The zero-order valence-electron chi connectivity index (χ0n) is 9.51. The van der Waals surface area contributed by atoms with Crippen LogP contribution in [0.1, 0.15) is 24.8 Å². The second-order valence-electron chi connectivity index (χ2n) is 4.35. The van der Waals surface area contributed by atoms with Gasteiger partial charge in [-0.2, -0.15) is 0 Å². The Labute approximate surface area is 111 Å². The van der Waals surface area contributed by atoms with Gasteiger partial charge in [-0.15, -0.1) is 0 Å². The Balaban J connectivity index is 2.07. The van der Waals surface area contributed by atoms with E-state index in [0.29, 0.717) is 16.5 Å². The molecule has 0 aliphatic carbocycles. The summed E-state index contributed by atoms with van der Waals surface area (Å²) in [6.45, 7) is 0.923. The van der Waals surface area contributed by atoms with Gasteiger partial charge in [0.2, 0.25) is 0 Å². The van der Waals surface area contributed by atoms with Crippen LogP contribution in [0.15, 0.2) is 18.2 Å². The highest BCUT2D eigenvalue weighted by Crippen LogP contribution is 2.25. The molecule has 1 aliphatic rings. The van der Waals surface area contributed by atoms with Crippen LogP contribution in [-0.4, -0.2) is 18.4 Å². The van der Waals surface area contributed by atoms with Gasteiger partial charge in [0, 0.05) is 16.5 Å². The number of carbonyl (C=O) groups excluding carboxylic acids is 1. The van der Waals surface area contributed by atoms with Crippen LogP contribution in [0.5, 0.6) is 0 Å². The van der Waals surface area contributed by atoms with Crippen molar-refractivity contribution in [1.29, 1.82) is 0 Å². The third kappa shape index (κ3) is 3.21. The second-order valence-corrected chi connectivity index (χ2v) is 5.16. The smallest absolute Gasteiger partial charge is 0.154 e. The summed E-state index contributed by atoms with van der Waals surface area (Å²) in [6.07, 6.45) is 3.49. The number of benzene rings is 1. The molecule has 1 atom stereocenters. The number of nitrogens with one attached hydrogen (secondary N) is 1. The molecule has 1 heterocycles. The summed E-state index contributed by atoms with van der Waals surface area (Å²) < 4.78 is 0. The van der Waals surface area contributed by atoms with Crippen LogP contribution in [0.3, 0.4) is 0 Å². The highest BCUT2D eigenvalue weighted by Gasteiger charge is 2.22. The molecule has 1 N–H and O–H groups in total. The summed E-state index contributed by atoms with van der Waals surface area (Å²) in [5.41, 5.74) is 0.744. The molecule has 0 spiro atoms. The van der Waals surface area contributed by atoms with Gasteiger partial charge in [-0.1, -0.05) is 35.7 Å². The zero-order chi connectivity index (χ0) is 12.3. The van der Waals surface area contributed by atoms with Gasteiger partial charge in [-0.3, -0.25) is 4.79 Å². The molecule has 2 rings (SSSR count). The second kappa shape index (κ2) is 5.85. The minimum atomic E-state index is -0.0314. The lowest BCUT2D eigenvalue weighted by Crippen LogP contribution is -2.41. The molecule has 1 fully saturated rings. The highest BCUT2D eigenvalue weighted by atomic mass is 35.5. The summed E-state index contributed by atoms with van der Waals surface area (Å²) in [7, 11) is 0. The Morgan fingerprint density at radius 2 is 2.00 bits per heavy atom. The summed E-state index contributed by atoms with van der Waals surface area (Å²) in [4.78, 5) is 12.1. The van der Waals surface area contributed by atoms with Gasteiger partial charge in [-0.25, -0.2) is 0 Å². The Morgan fingerprint density at radius 1 is 1.29 bits per heavy atom. The number of carbonyl (C=O) groups is 1. The molecule has 0 bridgehead atoms. The van der Waals surface area contributed by atoms with E-state index in [0.717, 1.165) is 31.4 Å². The molecule has 0 radical (unpaired) electrons. The first-order chi connectivity index (χ1) is 8.18. The normalized spacial score (nSPS) is 20.2. The summed E-state index contributed by atoms with van der Waals surface area (Å²) in [5, 5.41) is 4.38. The lowest BCUT2D eigenvalue weighted by molar-refractivity contribution is -0.120.